The van der Waals surface area contributed by atoms with Crippen LogP contribution in [0.2, 0.25) is 0 Å². The van der Waals surface area contributed by atoms with Gasteiger partial charge in [-0.1, -0.05) is 13.8 Å². The van der Waals surface area contributed by atoms with Crippen molar-refractivity contribution in [3.8, 4) is 0 Å². The molecule has 2 N–H and O–H groups in total. The Morgan fingerprint density at radius 3 is 2.06 bits per heavy atom. The Labute approximate surface area is 96.9 Å². The summed E-state index contributed by atoms with van der Waals surface area (Å²) in [7, 11) is 1.30. The van der Waals surface area contributed by atoms with Crippen molar-refractivity contribution >= 4 is 11.9 Å². The number of hydrogen-bond donors (Lipinski definition) is 1. The number of nitrogens with two attached hydrogens (primary N) is 1. The summed E-state index contributed by atoms with van der Waals surface area (Å²) in [5.41, 5.74) is 5.77. The molecule has 1 amide bonds. The quantitative estimate of drug-likeness (QED) is 0.693. The zero-order chi connectivity index (χ0) is 12.9. The summed E-state index contributed by atoms with van der Waals surface area (Å²) in [4.78, 5) is 24.6. The van der Waals surface area contributed by atoms with Gasteiger partial charge < -0.3 is 15.4 Å². The smallest absolute Gasteiger partial charge is 0.325 e. The molecule has 0 aliphatic rings. The van der Waals surface area contributed by atoms with Crippen LogP contribution in [0.3, 0.4) is 0 Å². The Hall–Kier alpha value is -1.10. The van der Waals surface area contributed by atoms with Gasteiger partial charge in [-0.15, -0.1) is 0 Å². The van der Waals surface area contributed by atoms with E-state index in [1.54, 1.807) is 0 Å². The van der Waals surface area contributed by atoms with Crippen molar-refractivity contribution in [2.24, 2.45) is 11.7 Å². The fraction of sp³-hybridized carbons (Fsp3) is 0.818. The third-order valence-electron chi connectivity index (χ3n) is 2.44. The molecule has 0 aliphatic carbocycles. The predicted molar refractivity (Wildman–Crippen MR) is 61.7 cm³/mol. The average Bonchev–Trinajstić information content (AvgIpc) is 2.22. The summed E-state index contributed by atoms with van der Waals surface area (Å²) in [6.07, 6.45) is 0. The van der Waals surface area contributed by atoms with Crippen LogP contribution < -0.4 is 5.73 Å². The van der Waals surface area contributed by atoms with Crippen LogP contribution in [-0.2, 0) is 14.3 Å². The lowest BCUT2D eigenvalue weighted by atomic mass is 10.0. The number of methoxy groups -OCH3 is 1. The SMILES string of the molecule is COC(=O)CN(C(=O)[C@H](N)C(C)C)C(C)C. The molecule has 5 nitrogen and oxygen atoms in total. The molecule has 0 aromatic rings. The molecule has 5 heteroatoms. The molecule has 0 spiro atoms. The Kier molecular flexibility index (Phi) is 6.03. The number of esters is 1. The minimum atomic E-state index is -0.577. The maximum Gasteiger partial charge on any atom is 0.325 e. The molecule has 0 rings (SSSR count). The molecule has 0 aromatic carbocycles. The molecule has 1 atom stereocenters. The molecule has 0 saturated carbocycles. The van der Waals surface area contributed by atoms with Crippen LogP contribution in [0, 0.1) is 5.92 Å². The van der Waals surface area contributed by atoms with Gasteiger partial charge in [0.15, 0.2) is 0 Å². The third-order valence-corrected chi connectivity index (χ3v) is 2.44. The normalized spacial score (nSPS) is 12.8. The van der Waals surface area contributed by atoms with Gasteiger partial charge in [-0.2, -0.15) is 0 Å². The zero-order valence-electron chi connectivity index (χ0n) is 10.7. The summed E-state index contributed by atoms with van der Waals surface area (Å²) in [6, 6.07) is -0.650. The van der Waals surface area contributed by atoms with E-state index in [0.29, 0.717) is 0 Å². The Balaban J connectivity index is 4.66. The molecule has 0 aliphatic heterocycles. The highest BCUT2D eigenvalue weighted by Crippen LogP contribution is 2.07. The second-order valence-corrected chi connectivity index (χ2v) is 4.41. The third kappa shape index (κ3) is 4.18. The number of nitrogens with zero attached hydrogens (tertiary/aromatic N) is 1. The van der Waals surface area contributed by atoms with Gasteiger partial charge in [0, 0.05) is 6.04 Å². The summed E-state index contributed by atoms with van der Waals surface area (Å²) in [5, 5.41) is 0. The molecule has 0 fully saturated rings. The Morgan fingerprint density at radius 2 is 1.75 bits per heavy atom. The van der Waals surface area contributed by atoms with E-state index in [9.17, 15) is 9.59 Å². The van der Waals surface area contributed by atoms with E-state index in [2.05, 4.69) is 4.74 Å². The number of hydrogen-bond acceptors (Lipinski definition) is 4. The minimum absolute atomic E-state index is 0.0476. The first-order chi connectivity index (χ1) is 7.31. The number of rotatable bonds is 5. The van der Waals surface area contributed by atoms with Gasteiger partial charge in [-0.05, 0) is 19.8 Å². The lowest BCUT2D eigenvalue weighted by Crippen LogP contribution is -2.51. The van der Waals surface area contributed by atoms with E-state index in [0.717, 1.165) is 0 Å². The van der Waals surface area contributed by atoms with Crippen LogP contribution in [0.4, 0.5) is 0 Å². The zero-order valence-corrected chi connectivity index (χ0v) is 10.7. The largest absolute Gasteiger partial charge is 0.468 e. The van der Waals surface area contributed by atoms with E-state index >= 15 is 0 Å². The van der Waals surface area contributed by atoms with Gasteiger partial charge in [-0.3, -0.25) is 9.59 Å². The molecule has 0 unspecified atom stereocenters. The second-order valence-electron chi connectivity index (χ2n) is 4.41. The fourth-order valence-electron chi connectivity index (χ4n) is 1.20. The molecule has 0 radical (unpaired) electrons. The molecular formula is C11H22N2O3. The van der Waals surface area contributed by atoms with E-state index < -0.39 is 12.0 Å². The Bertz CT molecular complexity index is 252. The molecule has 0 heterocycles. The molecule has 0 aromatic heterocycles. The molecule has 0 saturated heterocycles. The summed E-state index contributed by atoms with van der Waals surface area (Å²) >= 11 is 0. The number of carbonyl (C=O) groups is 2. The lowest BCUT2D eigenvalue weighted by Gasteiger charge is -2.29. The minimum Gasteiger partial charge on any atom is -0.468 e. The van der Waals surface area contributed by atoms with Gasteiger partial charge in [0.25, 0.3) is 0 Å². The molecule has 94 valence electrons. The first kappa shape index (κ1) is 14.9. The van der Waals surface area contributed by atoms with Crippen LogP contribution in [0.25, 0.3) is 0 Å². The van der Waals surface area contributed by atoms with Crippen LogP contribution >= 0.6 is 0 Å². The fourth-order valence-corrected chi connectivity index (χ4v) is 1.20. The van der Waals surface area contributed by atoms with E-state index in [4.69, 9.17) is 5.73 Å². The van der Waals surface area contributed by atoms with Gasteiger partial charge in [0.05, 0.1) is 13.2 Å². The second kappa shape index (κ2) is 6.48. The highest BCUT2D eigenvalue weighted by atomic mass is 16.5. The predicted octanol–water partition coefficient (Wildman–Crippen LogP) is 0.380. The van der Waals surface area contributed by atoms with Crippen molar-refractivity contribution in [3.63, 3.8) is 0 Å². The molecule has 0 bridgehead atoms. The summed E-state index contributed by atoms with van der Waals surface area (Å²) in [5.74, 6) is -0.597. The molecular weight excluding hydrogens is 208 g/mol. The van der Waals surface area contributed by atoms with E-state index in [1.807, 2.05) is 27.7 Å². The molecule has 16 heavy (non-hydrogen) atoms. The monoisotopic (exact) mass is 230 g/mol. The Morgan fingerprint density at radius 1 is 1.25 bits per heavy atom. The van der Waals surface area contributed by atoms with Crippen molar-refractivity contribution in [2.45, 2.75) is 39.8 Å². The number of carbonyl (C=O) groups excluding carboxylic acids is 2. The first-order valence-electron chi connectivity index (χ1n) is 5.44. The number of ether oxygens (including phenoxy) is 1. The topological polar surface area (TPSA) is 72.6 Å². The highest BCUT2D eigenvalue weighted by Gasteiger charge is 2.27. The van der Waals surface area contributed by atoms with Gasteiger partial charge in [0.1, 0.15) is 6.54 Å². The van der Waals surface area contributed by atoms with Crippen LogP contribution in [0.5, 0.6) is 0 Å². The van der Waals surface area contributed by atoms with Crippen molar-refractivity contribution in [2.75, 3.05) is 13.7 Å². The van der Waals surface area contributed by atoms with Crippen molar-refractivity contribution < 1.29 is 14.3 Å². The van der Waals surface area contributed by atoms with Crippen LogP contribution in [-0.4, -0.2) is 42.5 Å². The van der Waals surface area contributed by atoms with Gasteiger partial charge >= 0.3 is 5.97 Å². The van der Waals surface area contributed by atoms with Gasteiger partial charge in [0.2, 0.25) is 5.91 Å². The summed E-state index contributed by atoms with van der Waals surface area (Å²) in [6.45, 7) is 7.38. The van der Waals surface area contributed by atoms with Crippen molar-refractivity contribution in [1.82, 2.24) is 4.90 Å². The lowest BCUT2D eigenvalue weighted by molar-refractivity contribution is -0.149. The van der Waals surface area contributed by atoms with Crippen molar-refractivity contribution in [1.29, 1.82) is 0 Å². The number of amides is 1. The van der Waals surface area contributed by atoms with Gasteiger partial charge in [-0.25, -0.2) is 0 Å². The standard InChI is InChI=1S/C11H22N2O3/c1-7(2)10(12)11(15)13(8(3)4)6-9(14)16-5/h7-8,10H,6,12H2,1-5H3/t10-/m1/s1. The first-order valence-corrected chi connectivity index (χ1v) is 5.44. The van der Waals surface area contributed by atoms with Crippen molar-refractivity contribution in [3.05, 3.63) is 0 Å². The summed E-state index contributed by atoms with van der Waals surface area (Å²) < 4.78 is 4.55. The van der Waals surface area contributed by atoms with Crippen LogP contribution in [0.15, 0.2) is 0 Å². The van der Waals surface area contributed by atoms with E-state index in [-0.39, 0.29) is 24.4 Å². The van der Waals surface area contributed by atoms with Crippen LogP contribution in [0.1, 0.15) is 27.7 Å². The highest BCUT2D eigenvalue weighted by molar-refractivity contribution is 5.86. The van der Waals surface area contributed by atoms with E-state index in [1.165, 1.54) is 12.0 Å². The maximum absolute atomic E-state index is 12.0. The average molecular weight is 230 g/mol. The maximum atomic E-state index is 12.0.